The first-order valence-electron chi connectivity index (χ1n) is 12.0. The molecular weight excluding hydrogens is 459 g/mol. The van der Waals surface area contributed by atoms with E-state index >= 15 is 0 Å². The summed E-state index contributed by atoms with van der Waals surface area (Å²) in [5.41, 5.74) is 1.45. The second kappa shape index (κ2) is 10.3. The van der Waals surface area contributed by atoms with Gasteiger partial charge in [0, 0.05) is 31.1 Å². The van der Waals surface area contributed by atoms with Crippen LogP contribution in [0.15, 0.2) is 77.6 Å². The van der Waals surface area contributed by atoms with E-state index in [1.807, 2.05) is 24.3 Å². The van der Waals surface area contributed by atoms with E-state index in [1.165, 1.54) is 17.9 Å². The number of likely N-dealkylation sites (tertiary alicyclic amines) is 1. The molecule has 1 N–H and O–H groups in total. The quantitative estimate of drug-likeness (QED) is 0.447. The predicted molar refractivity (Wildman–Crippen MR) is 136 cm³/mol. The molecule has 5 rings (SSSR count). The molecule has 1 aliphatic rings. The van der Waals surface area contributed by atoms with Crippen molar-refractivity contribution in [2.45, 2.75) is 25.4 Å². The summed E-state index contributed by atoms with van der Waals surface area (Å²) >= 11 is 0. The number of hydrogen-bond donors (Lipinski definition) is 1. The Hall–Kier alpha value is -4.04. The average molecular weight is 487 g/mol. The predicted octanol–water partition coefficient (Wildman–Crippen LogP) is 3.93. The molecule has 7 nitrogen and oxygen atoms in total. The lowest BCUT2D eigenvalue weighted by Gasteiger charge is -2.32. The fourth-order valence-corrected chi connectivity index (χ4v) is 4.66. The summed E-state index contributed by atoms with van der Waals surface area (Å²) in [4.78, 5) is 28.6. The van der Waals surface area contributed by atoms with Crippen molar-refractivity contribution in [1.82, 2.24) is 20.0 Å². The first kappa shape index (κ1) is 23.7. The molecule has 0 bridgehead atoms. The lowest BCUT2D eigenvalue weighted by molar-refractivity contribution is 0.0904. The largest absolute Gasteiger partial charge is 0.494 e. The van der Waals surface area contributed by atoms with Crippen LogP contribution in [0.2, 0.25) is 0 Å². The third kappa shape index (κ3) is 4.85. The molecule has 1 aromatic heterocycles. The zero-order valence-corrected chi connectivity index (χ0v) is 20.0. The maximum atomic E-state index is 14.0. The number of nitrogens with zero attached hydrogens (tertiary/aromatic N) is 3. The van der Waals surface area contributed by atoms with Crippen molar-refractivity contribution in [3.05, 3.63) is 100 Å². The van der Waals surface area contributed by atoms with Crippen molar-refractivity contribution in [2.24, 2.45) is 0 Å². The highest BCUT2D eigenvalue weighted by molar-refractivity contribution is 6.05. The molecule has 0 saturated carbocycles. The van der Waals surface area contributed by atoms with Gasteiger partial charge in [-0.1, -0.05) is 42.5 Å². The summed E-state index contributed by atoms with van der Waals surface area (Å²) in [6, 6.07) is 21.1. The molecule has 4 aromatic rings. The number of aromatic nitrogens is 2. The van der Waals surface area contributed by atoms with E-state index in [1.54, 1.807) is 42.5 Å². The van der Waals surface area contributed by atoms with Crippen LogP contribution < -0.4 is 15.6 Å². The highest BCUT2D eigenvalue weighted by Crippen LogP contribution is 2.21. The minimum Gasteiger partial charge on any atom is -0.494 e. The van der Waals surface area contributed by atoms with E-state index in [0.717, 1.165) is 31.5 Å². The number of carbonyl (C=O) groups is 1. The van der Waals surface area contributed by atoms with Crippen LogP contribution in [-0.2, 0) is 6.54 Å². The summed E-state index contributed by atoms with van der Waals surface area (Å²) in [7, 11) is 1.45. The van der Waals surface area contributed by atoms with E-state index < -0.39 is 0 Å². The fraction of sp³-hybridized carbons (Fsp3) is 0.250. The van der Waals surface area contributed by atoms with E-state index in [-0.39, 0.29) is 34.8 Å². The Morgan fingerprint density at radius 1 is 1.03 bits per heavy atom. The highest BCUT2D eigenvalue weighted by Gasteiger charge is 2.24. The molecule has 8 heteroatoms. The summed E-state index contributed by atoms with van der Waals surface area (Å²) < 4.78 is 20.3. The van der Waals surface area contributed by atoms with Crippen LogP contribution in [0.5, 0.6) is 5.75 Å². The second-order valence-corrected chi connectivity index (χ2v) is 8.94. The van der Waals surface area contributed by atoms with Crippen LogP contribution in [-0.4, -0.2) is 46.8 Å². The molecule has 3 aromatic carbocycles. The van der Waals surface area contributed by atoms with Crippen molar-refractivity contribution in [2.75, 3.05) is 20.2 Å². The molecule has 1 amide bonds. The van der Waals surface area contributed by atoms with Crippen LogP contribution in [0, 0.1) is 5.82 Å². The van der Waals surface area contributed by atoms with Gasteiger partial charge in [-0.05, 0) is 48.7 Å². The Morgan fingerprint density at radius 2 is 1.72 bits per heavy atom. The Bertz CT molecular complexity index is 1450. The monoisotopic (exact) mass is 486 g/mol. The molecule has 1 fully saturated rings. The van der Waals surface area contributed by atoms with E-state index in [9.17, 15) is 14.0 Å². The number of carbonyl (C=O) groups excluding carboxylic acids is 1. The first-order chi connectivity index (χ1) is 17.5. The Kier molecular flexibility index (Phi) is 6.77. The molecule has 0 aliphatic carbocycles. The number of nitrogens with one attached hydrogen (secondary N) is 1. The third-order valence-electron chi connectivity index (χ3n) is 6.57. The number of ether oxygens (including phenoxy) is 1. The van der Waals surface area contributed by atoms with Crippen LogP contribution >= 0.6 is 0 Å². The maximum absolute atomic E-state index is 14.0. The van der Waals surface area contributed by atoms with Crippen molar-refractivity contribution in [1.29, 1.82) is 0 Å². The fourth-order valence-electron chi connectivity index (χ4n) is 4.66. The SMILES string of the molecule is COc1ccc(CN2CCC(NC(=O)c3nn(-c4ccccc4)c(=O)c4ccccc34)CC2)cc1F. The molecule has 0 spiro atoms. The molecule has 1 aliphatic heterocycles. The van der Waals surface area contributed by atoms with Crippen molar-refractivity contribution < 1.29 is 13.9 Å². The number of hydrogen-bond acceptors (Lipinski definition) is 5. The van der Waals surface area contributed by atoms with Gasteiger partial charge in [0.2, 0.25) is 0 Å². The first-order valence-corrected chi connectivity index (χ1v) is 12.0. The number of amides is 1. The molecule has 184 valence electrons. The lowest BCUT2D eigenvalue weighted by atomic mass is 10.0. The van der Waals surface area contributed by atoms with Gasteiger partial charge >= 0.3 is 0 Å². The van der Waals surface area contributed by atoms with Gasteiger partial charge in [-0.15, -0.1) is 0 Å². The van der Waals surface area contributed by atoms with E-state index in [4.69, 9.17) is 4.74 Å². The van der Waals surface area contributed by atoms with Crippen molar-refractivity contribution in [3.63, 3.8) is 0 Å². The zero-order valence-electron chi connectivity index (χ0n) is 20.0. The van der Waals surface area contributed by atoms with Crippen LogP contribution in [0.4, 0.5) is 4.39 Å². The van der Waals surface area contributed by atoms with Gasteiger partial charge in [-0.25, -0.2) is 4.39 Å². The van der Waals surface area contributed by atoms with Gasteiger partial charge in [-0.2, -0.15) is 9.78 Å². The summed E-state index contributed by atoms with van der Waals surface area (Å²) in [6.07, 6.45) is 1.53. The average Bonchev–Trinajstić information content (AvgIpc) is 2.91. The molecular formula is C28H27FN4O3. The second-order valence-electron chi connectivity index (χ2n) is 8.94. The third-order valence-corrected chi connectivity index (χ3v) is 6.57. The van der Waals surface area contributed by atoms with Crippen molar-refractivity contribution >= 4 is 16.7 Å². The number of para-hydroxylation sites is 1. The summed E-state index contributed by atoms with van der Waals surface area (Å²) in [5.74, 6) is -0.430. The summed E-state index contributed by atoms with van der Waals surface area (Å²) in [5, 5.41) is 8.56. The Labute approximate surface area is 208 Å². The van der Waals surface area contributed by atoms with E-state index in [2.05, 4.69) is 15.3 Å². The van der Waals surface area contributed by atoms with Crippen LogP contribution in [0.25, 0.3) is 16.5 Å². The molecule has 36 heavy (non-hydrogen) atoms. The number of methoxy groups -OCH3 is 1. The number of piperidine rings is 1. The van der Waals surface area contributed by atoms with Gasteiger partial charge in [0.15, 0.2) is 17.3 Å². The highest BCUT2D eigenvalue weighted by atomic mass is 19.1. The van der Waals surface area contributed by atoms with Gasteiger partial charge in [0.05, 0.1) is 18.2 Å². The molecule has 2 heterocycles. The van der Waals surface area contributed by atoms with E-state index in [0.29, 0.717) is 23.0 Å². The molecule has 0 radical (unpaired) electrons. The van der Waals surface area contributed by atoms with Gasteiger partial charge in [-0.3, -0.25) is 14.5 Å². The standard InChI is InChI=1S/C28H27FN4O3/c1-36-25-12-11-19(17-24(25)29)18-32-15-13-20(14-16-32)30-27(34)26-22-9-5-6-10-23(22)28(35)33(31-26)21-7-3-2-4-8-21/h2-12,17,20H,13-16,18H2,1H3,(H,30,34). The summed E-state index contributed by atoms with van der Waals surface area (Å²) in [6.45, 7) is 2.18. The van der Waals surface area contributed by atoms with Gasteiger partial charge in [0.1, 0.15) is 0 Å². The molecule has 0 unspecified atom stereocenters. The maximum Gasteiger partial charge on any atom is 0.279 e. The topological polar surface area (TPSA) is 76.5 Å². The normalized spacial score (nSPS) is 14.6. The molecule has 1 saturated heterocycles. The Balaban J connectivity index is 1.30. The molecule has 0 atom stereocenters. The minimum absolute atomic E-state index is 0.0148. The van der Waals surface area contributed by atoms with Crippen LogP contribution in [0.3, 0.4) is 0 Å². The number of halogens is 1. The van der Waals surface area contributed by atoms with Crippen LogP contribution in [0.1, 0.15) is 28.9 Å². The number of fused-ring (bicyclic) bond motifs is 1. The lowest BCUT2D eigenvalue weighted by Crippen LogP contribution is -2.45. The minimum atomic E-state index is -0.367. The van der Waals surface area contributed by atoms with Gasteiger partial charge < -0.3 is 10.1 Å². The zero-order chi connectivity index (χ0) is 25.1. The smallest absolute Gasteiger partial charge is 0.279 e. The van der Waals surface area contributed by atoms with Crippen molar-refractivity contribution in [3.8, 4) is 11.4 Å². The number of rotatable bonds is 6. The van der Waals surface area contributed by atoms with Gasteiger partial charge in [0.25, 0.3) is 11.5 Å². The Morgan fingerprint density at radius 3 is 2.42 bits per heavy atom. The number of benzene rings is 3.